The third-order valence-electron chi connectivity index (χ3n) is 2.09. The summed E-state index contributed by atoms with van der Waals surface area (Å²) >= 11 is 22.3. The minimum atomic E-state index is -3.79. The van der Waals surface area contributed by atoms with Gasteiger partial charge in [0.25, 0.3) is 5.91 Å². The largest absolute Gasteiger partial charge is 0.332 e. The molecule has 1 aromatic carbocycles. The van der Waals surface area contributed by atoms with Crippen molar-refractivity contribution in [2.75, 3.05) is 6.26 Å². The first-order valence-corrected chi connectivity index (χ1v) is 8.30. The lowest BCUT2D eigenvalue weighted by atomic mass is 10.2. The van der Waals surface area contributed by atoms with Crippen LogP contribution in [0.25, 0.3) is 0 Å². The third-order valence-corrected chi connectivity index (χ3v) is 4.72. The molecular formula is C10H9Cl4NO3S. The normalized spacial score (nSPS) is 13.9. The van der Waals surface area contributed by atoms with Gasteiger partial charge in [-0.3, -0.25) is 4.79 Å². The summed E-state index contributed by atoms with van der Waals surface area (Å²) in [6, 6.07) is 5.83. The second-order valence-electron chi connectivity index (χ2n) is 3.73. The Hall–Kier alpha value is -0.200. The smallest absolute Gasteiger partial charge is 0.252 e. The summed E-state index contributed by atoms with van der Waals surface area (Å²) in [7, 11) is -3.79. The first kappa shape index (κ1) is 16.9. The summed E-state index contributed by atoms with van der Waals surface area (Å²) in [5, 5.41) is 0.964. The number of hydrogen-bond acceptors (Lipinski definition) is 3. The van der Waals surface area contributed by atoms with Gasteiger partial charge in [-0.05, 0) is 24.3 Å². The van der Waals surface area contributed by atoms with E-state index in [-0.39, 0.29) is 5.56 Å². The zero-order valence-electron chi connectivity index (χ0n) is 9.53. The van der Waals surface area contributed by atoms with Crippen LogP contribution >= 0.6 is 46.4 Å². The molecule has 0 aliphatic carbocycles. The average molecular weight is 365 g/mol. The summed E-state index contributed by atoms with van der Waals surface area (Å²) in [4.78, 5) is 11.9. The monoisotopic (exact) mass is 363 g/mol. The Bertz CT molecular complexity index is 565. The molecule has 0 heterocycles. The SMILES string of the molecule is CS(=O)(=O)C(NC(=O)c1ccc(Cl)cc1)C(Cl)(Cl)Cl. The summed E-state index contributed by atoms with van der Waals surface area (Å²) in [6.45, 7) is 0. The predicted molar refractivity (Wildman–Crippen MR) is 77.8 cm³/mol. The maximum absolute atomic E-state index is 11.9. The van der Waals surface area contributed by atoms with Crippen LogP contribution in [0.15, 0.2) is 24.3 Å². The van der Waals surface area contributed by atoms with Crippen LogP contribution in [0.2, 0.25) is 5.02 Å². The Morgan fingerprint density at radius 2 is 1.68 bits per heavy atom. The number of sulfone groups is 1. The van der Waals surface area contributed by atoms with Crippen molar-refractivity contribution >= 4 is 62.1 Å². The van der Waals surface area contributed by atoms with Crippen LogP contribution in [0.5, 0.6) is 0 Å². The van der Waals surface area contributed by atoms with E-state index in [2.05, 4.69) is 5.32 Å². The molecule has 0 fully saturated rings. The molecule has 19 heavy (non-hydrogen) atoms. The number of alkyl halides is 3. The molecule has 0 aliphatic rings. The molecule has 9 heteroatoms. The summed E-state index contributed by atoms with van der Waals surface area (Å²) < 4.78 is 20.8. The van der Waals surface area contributed by atoms with Crippen molar-refractivity contribution in [2.24, 2.45) is 0 Å². The van der Waals surface area contributed by atoms with Gasteiger partial charge in [-0.2, -0.15) is 0 Å². The van der Waals surface area contributed by atoms with E-state index < -0.39 is 24.9 Å². The fourth-order valence-electron chi connectivity index (χ4n) is 1.24. The maximum atomic E-state index is 11.9. The molecule has 1 N–H and O–H groups in total. The molecule has 1 amide bonds. The zero-order chi connectivity index (χ0) is 14.8. The second kappa shape index (κ2) is 6.06. The third kappa shape index (κ3) is 5.00. The molecule has 1 aromatic rings. The fourth-order valence-corrected chi connectivity index (χ4v) is 3.79. The molecule has 0 aromatic heterocycles. The van der Waals surface area contributed by atoms with Crippen molar-refractivity contribution in [3.8, 4) is 0 Å². The van der Waals surface area contributed by atoms with Crippen LogP contribution in [0.1, 0.15) is 10.4 Å². The van der Waals surface area contributed by atoms with Gasteiger partial charge in [0.05, 0.1) is 0 Å². The van der Waals surface area contributed by atoms with Crippen molar-refractivity contribution < 1.29 is 13.2 Å². The lowest BCUT2D eigenvalue weighted by molar-refractivity contribution is 0.0948. The van der Waals surface area contributed by atoms with Crippen LogP contribution in [-0.4, -0.2) is 29.7 Å². The number of rotatable bonds is 3. The van der Waals surface area contributed by atoms with E-state index in [4.69, 9.17) is 46.4 Å². The molecule has 4 nitrogen and oxygen atoms in total. The molecule has 0 spiro atoms. The van der Waals surface area contributed by atoms with Gasteiger partial charge in [0.2, 0.25) is 3.79 Å². The van der Waals surface area contributed by atoms with Gasteiger partial charge in [-0.15, -0.1) is 0 Å². The topological polar surface area (TPSA) is 63.2 Å². The van der Waals surface area contributed by atoms with Gasteiger partial charge in [-0.1, -0.05) is 46.4 Å². The van der Waals surface area contributed by atoms with Gasteiger partial charge >= 0.3 is 0 Å². The van der Waals surface area contributed by atoms with Crippen LogP contribution in [0, 0.1) is 0 Å². The van der Waals surface area contributed by atoms with E-state index >= 15 is 0 Å². The summed E-state index contributed by atoms with van der Waals surface area (Å²) in [6.07, 6.45) is 0.863. The molecule has 0 saturated heterocycles. The molecule has 106 valence electrons. The van der Waals surface area contributed by atoms with Crippen LogP contribution < -0.4 is 5.32 Å². The lowest BCUT2D eigenvalue weighted by Crippen LogP contribution is -2.48. The quantitative estimate of drug-likeness (QED) is 0.838. The van der Waals surface area contributed by atoms with E-state index in [0.29, 0.717) is 5.02 Å². The van der Waals surface area contributed by atoms with E-state index in [9.17, 15) is 13.2 Å². The van der Waals surface area contributed by atoms with E-state index in [1.807, 2.05) is 0 Å². The number of carbonyl (C=O) groups excluding carboxylic acids is 1. The van der Waals surface area contributed by atoms with Gasteiger partial charge in [0.15, 0.2) is 15.2 Å². The van der Waals surface area contributed by atoms with Gasteiger partial charge in [0.1, 0.15) is 0 Å². The number of amides is 1. The standard InChI is InChI=1S/C10H9Cl4NO3S/c1-19(17,18)9(10(12,13)14)15-8(16)6-2-4-7(11)5-3-6/h2-5,9H,1H3,(H,15,16). The summed E-state index contributed by atoms with van der Waals surface area (Å²) in [5.74, 6) is -0.682. The van der Waals surface area contributed by atoms with Crippen molar-refractivity contribution in [3.05, 3.63) is 34.9 Å². The number of nitrogens with one attached hydrogen (secondary N) is 1. The minimum absolute atomic E-state index is 0.201. The van der Waals surface area contributed by atoms with E-state index in [1.165, 1.54) is 24.3 Å². The van der Waals surface area contributed by atoms with Crippen molar-refractivity contribution in [1.29, 1.82) is 0 Å². The highest BCUT2D eigenvalue weighted by atomic mass is 35.6. The van der Waals surface area contributed by atoms with Crippen LogP contribution in [-0.2, 0) is 9.84 Å². The number of halogens is 4. The van der Waals surface area contributed by atoms with Crippen molar-refractivity contribution in [2.45, 2.75) is 9.17 Å². The Morgan fingerprint density at radius 3 is 2.05 bits per heavy atom. The van der Waals surface area contributed by atoms with Gasteiger partial charge in [-0.25, -0.2) is 8.42 Å². The number of hydrogen-bond donors (Lipinski definition) is 1. The maximum Gasteiger partial charge on any atom is 0.252 e. The zero-order valence-corrected chi connectivity index (χ0v) is 13.4. The van der Waals surface area contributed by atoms with Crippen molar-refractivity contribution in [1.82, 2.24) is 5.32 Å². The minimum Gasteiger partial charge on any atom is -0.332 e. The molecule has 1 rings (SSSR count). The molecule has 1 atom stereocenters. The highest BCUT2D eigenvalue weighted by Gasteiger charge is 2.41. The predicted octanol–water partition coefficient (Wildman–Crippen LogP) is 2.81. The molecule has 0 bridgehead atoms. The summed E-state index contributed by atoms with van der Waals surface area (Å²) in [5.41, 5.74) is 0.201. The van der Waals surface area contributed by atoms with Crippen LogP contribution in [0.4, 0.5) is 0 Å². The Kier molecular flexibility index (Phi) is 5.37. The molecular weight excluding hydrogens is 356 g/mol. The van der Waals surface area contributed by atoms with Crippen molar-refractivity contribution in [3.63, 3.8) is 0 Å². The highest BCUT2D eigenvalue weighted by Crippen LogP contribution is 2.33. The number of benzene rings is 1. The first-order valence-electron chi connectivity index (χ1n) is 4.84. The fraction of sp³-hybridized carbons (Fsp3) is 0.300. The van der Waals surface area contributed by atoms with Crippen LogP contribution in [0.3, 0.4) is 0 Å². The Balaban J connectivity index is 2.99. The molecule has 0 saturated carbocycles. The van der Waals surface area contributed by atoms with E-state index in [1.54, 1.807) is 0 Å². The molecule has 1 unspecified atom stereocenters. The van der Waals surface area contributed by atoms with Gasteiger partial charge in [0, 0.05) is 16.8 Å². The number of carbonyl (C=O) groups is 1. The molecule has 0 radical (unpaired) electrons. The Morgan fingerprint density at radius 1 is 1.21 bits per heavy atom. The average Bonchev–Trinajstić information content (AvgIpc) is 2.23. The Labute approximate surface area is 130 Å². The van der Waals surface area contributed by atoms with Gasteiger partial charge < -0.3 is 5.32 Å². The lowest BCUT2D eigenvalue weighted by Gasteiger charge is -2.23. The highest BCUT2D eigenvalue weighted by molar-refractivity contribution is 7.91. The van der Waals surface area contributed by atoms with E-state index in [0.717, 1.165) is 6.26 Å². The first-order chi connectivity index (χ1) is 8.51. The molecule has 0 aliphatic heterocycles. The second-order valence-corrected chi connectivity index (χ2v) is 8.67.